The normalized spacial score (nSPS) is 14.8. The molecule has 3 rings (SSSR count). The Balaban J connectivity index is 1.91. The molecule has 0 atom stereocenters. The number of amides is 1. The SMILES string of the molecule is N#Cc1c(C(F)(F)F)cc(-c2cccs2)nc1SCC(=O)N1CCCCC1. The molecular weight excluding hydrogens is 395 g/mol. The van der Waals surface area contributed by atoms with Crippen LogP contribution in [0, 0.1) is 11.3 Å². The fraction of sp³-hybridized carbons (Fsp3) is 0.389. The van der Waals surface area contributed by atoms with Crippen LogP contribution in [-0.4, -0.2) is 34.6 Å². The van der Waals surface area contributed by atoms with E-state index in [1.54, 1.807) is 28.5 Å². The van der Waals surface area contributed by atoms with E-state index in [1.807, 2.05) is 0 Å². The number of aromatic nitrogens is 1. The number of thiophene rings is 1. The molecule has 0 saturated carbocycles. The van der Waals surface area contributed by atoms with E-state index in [4.69, 9.17) is 0 Å². The minimum absolute atomic E-state index is 0.0349. The fourth-order valence-electron chi connectivity index (χ4n) is 2.87. The summed E-state index contributed by atoms with van der Waals surface area (Å²) < 4.78 is 40.4. The van der Waals surface area contributed by atoms with Crippen LogP contribution >= 0.6 is 23.1 Å². The molecule has 1 amide bonds. The van der Waals surface area contributed by atoms with Crippen molar-refractivity contribution in [2.75, 3.05) is 18.8 Å². The van der Waals surface area contributed by atoms with Crippen LogP contribution in [-0.2, 0) is 11.0 Å². The van der Waals surface area contributed by atoms with Gasteiger partial charge in [-0.3, -0.25) is 4.79 Å². The number of alkyl halides is 3. The molecule has 2 aromatic heterocycles. The van der Waals surface area contributed by atoms with Gasteiger partial charge in [-0.05, 0) is 36.8 Å². The van der Waals surface area contributed by atoms with Crippen LogP contribution in [0.15, 0.2) is 28.6 Å². The fourth-order valence-corrected chi connectivity index (χ4v) is 4.46. The molecule has 1 aliphatic rings. The Hall–Kier alpha value is -2.05. The zero-order valence-electron chi connectivity index (χ0n) is 14.3. The minimum atomic E-state index is -4.67. The lowest BCUT2D eigenvalue weighted by molar-refractivity contribution is -0.138. The van der Waals surface area contributed by atoms with Crippen molar-refractivity contribution < 1.29 is 18.0 Å². The Kier molecular flexibility index (Phi) is 6.07. The first-order chi connectivity index (χ1) is 12.9. The van der Waals surface area contributed by atoms with Gasteiger partial charge in [-0.2, -0.15) is 18.4 Å². The van der Waals surface area contributed by atoms with Gasteiger partial charge in [0.1, 0.15) is 11.1 Å². The predicted molar refractivity (Wildman–Crippen MR) is 98.4 cm³/mol. The smallest absolute Gasteiger partial charge is 0.342 e. The Bertz CT molecular complexity index is 854. The van der Waals surface area contributed by atoms with Crippen molar-refractivity contribution in [1.82, 2.24) is 9.88 Å². The second kappa shape index (κ2) is 8.31. The Morgan fingerprint density at radius 3 is 2.67 bits per heavy atom. The monoisotopic (exact) mass is 411 g/mol. The van der Waals surface area contributed by atoms with Gasteiger partial charge < -0.3 is 4.90 Å². The second-order valence-electron chi connectivity index (χ2n) is 6.05. The molecule has 1 saturated heterocycles. The van der Waals surface area contributed by atoms with Crippen LogP contribution in [0.3, 0.4) is 0 Å². The van der Waals surface area contributed by atoms with Gasteiger partial charge in [0.05, 0.1) is 27.5 Å². The number of nitrogens with zero attached hydrogens (tertiary/aromatic N) is 3. The van der Waals surface area contributed by atoms with Gasteiger partial charge in [-0.15, -0.1) is 11.3 Å². The number of carbonyl (C=O) groups is 1. The molecule has 1 fully saturated rings. The Labute approximate surface area is 163 Å². The third-order valence-electron chi connectivity index (χ3n) is 4.22. The van der Waals surface area contributed by atoms with Crippen molar-refractivity contribution >= 4 is 29.0 Å². The third-order valence-corrected chi connectivity index (χ3v) is 6.07. The Morgan fingerprint density at radius 1 is 1.33 bits per heavy atom. The lowest BCUT2D eigenvalue weighted by Gasteiger charge is -2.26. The van der Waals surface area contributed by atoms with E-state index in [-0.39, 0.29) is 22.4 Å². The van der Waals surface area contributed by atoms with E-state index >= 15 is 0 Å². The lowest BCUT2D eigenvalue weighted by atomic mass is 10.1. The van der Waals surface area contributed by atoms with Crippen LogP contribution in [0.25, 0.3) is 10.6 Å². The average molecular weight is 411 g/mol. The molecule has 142 valence electrons. The molecule has 0 aliphatic carbocycles. The van der Waals surface area contributed by atoms with Gasteiger partial charge >= 0.3 is 6.18 Å². The molecule has 9 heteroatoms. The topological polar surface area (TPSA) is 57.0 Å². The highest BCUT2D eigenvalue weighted by atomic mass is 32.2. The molecule has 0 radical (unpaired) electrons. The lowest BCUT2D eigenvalue weighted by Crippen LogP contribution is -2.36. The van der Waals surface area contributed by atoms with E-state index < -0.39 is 17.3 Å². The number of thioether (sulfide) groups is 1. The predicted octanol–water partition coefficient (Wildman–Crippen LogP) is 4.81. The molecule has 27 heavy (non-hydrogen) atoms. The Morgan fingerprint density at radius 2 is 2.07 bits per heavy atom. The summed E-state index contributed by atoms with van der Waals surface area (Å²) in [5, 5.41) is 11.0. The number of halogens is 3. The highest BCUT2D eigenvalue weighted by Gasteiger charge is 2.36. The molecular formula is C18H16F3N3OS2. The van der Waals surface area contributed by atoms with Crippen LogP contribution in [0.5, 0.6) is 0 Å². The maximum Gasteiger partial charge on any atom is 0.417 e. The van der Waals surface area contributed by atoms with Crippen LogP contribution in [0.2, 0.25) is 0 Å². The van der Waals surface area contributed by atoms with Crippen molar-refractivity contribution in [2.24, 2.45) is 0 Å². The van der Waals surface area contributed by atoms with Gasteiger partial charge in [0.15, 0.2) is 0 Å². The summed E-state index contributed by atoms with van der Waals surface area (Å²) in [6.07, 6.45) is -1.73. The molecule has 0 N–H and O–H groups in total. The van der Waals surface area contributed by atoms with Crippen molar-refractivity contribution in [2.45, 2.75) is 30.5 Å². The van der Waals surface area contributed by atoms with Gasteiger partial charge in [0, 0.05) is 13.1 Å². The van der Waals surface area contributed by atoms with Crippen molar-refractivity contribution in [3.8, 4) is 16.6 Å². The molecule has 0 aromatic carbocycles. The average Bonchev–Trinajstić information content (AvgIpc) is 3.20. The zero-order chi connectivity index (χ0) is 19.4. The van der Waals surface area contributed by atoms with E-state index in [0.29, 0.717) is 18.0 Å². The molecule has 2 aromatic rings. The number of piperidine rings is 1. The van der Waals surface area contributed by atoms with Crippen molar-refractivity contribution in [3.63, 3.8) is 0 Å². The van der Waals surface area contributed by atoms with Gasteiger partial charge in [0.25, 0.3) is 0 Å². The number of carbonyl (C=O) groups excluding carboxylic acids is 1. The molecule has 3 heterocycles. The van der Waals surface area contributed by atoms with Crippen LogP contribution < -0.4 is 0 Å². The van der Waals surface area contributed by atoms with E-state index in [1.165, 1.54) is 11.3 Å². The van der Waals surface area contributed by atoms with Crippen LogP contribution in [0.1, 0.15) is 30.4 Å². The number of rotatable bonds is 4. The summed E-state index contributed by atoms with van der Waals surface area (Å²) in [5.74, 6) is -0.173. The first kappa shape index (κ1) is 19.7. The zero-order valence-corrected chi connectivity index (χ0v) is 15.9. The molecule has 0 unspecified atom stereocenters. The number of nitriles is 1. The molecule has 0 spiro atoms. The number of likely N-dealkylation sites (tertiary alicyclic amines) is 1. The van der Waals surface area contributed by atoms with Gasteiger partial charge in [-0.25, -0.2) is 4.98 Å². The maximum absolute atomic E-state index is 13.5. The van der Waals surface area contributed by atoms with Crippen molar-refractivity contribution in [1.29, 1.82) is 5.26 Å². The molecule has 0 bridgehead atoms. The second-order valence-corrected chi connectivity index (χ2v) is 7.96. The highest BCUT2D eigenvalue weighted by molar-refractivity contribution is 8.00. The molecule has 1 aliphatic heterocycles. The largest absolute Gasteiger partial charge is 0.417 e. The standard InChI is InChI=1S/C18H16F3N3OS2/c19-18(20,21)13-9-14(15-5-4-8-26-15)23-17(12(13)10-22)27-11-16(25)24-6-2-1-3-7-24/h4-5,8-9H,1-3,6-7,11H2. The summed E-state index contributed by atoms with van der Waals surface area (Å²) in [7, 11) is 0. The van der Waals surface area contributed by atoms with Crippen molar-refractivity contribution in [3.05, 3.63) is 34.7 Å². The summed E-state index contributed by atoms with van der Waals surface area (Å²) >= 11 is 2.16. The summed E-state index contributed by atoms with van der Waals surface area (Å²) in [6.45, 7) is 1.34. The van der Waals surface area contributed by atoms with E-state index in [0.717, 1.165) is 37.1 Å². The van der Waals surface area contributed by atoms with Gasteiger partial charge in [-0.1, -0.05) is 17.8 Å². The van der Waals surface area contributed by atoms with Gasteiger partial charge in [0.2, 0.25) is 5.91 Å². The summed E-state index contributed by atoms with van der Waals surface area (Å²) in [5.41, 5.74) is -1.39. The number of hydrogen-bond acceptors (Lipinski definition) is 5. The quantitative estimate of drug-likeness (QED) is 0.678. The number of hydrogen-bond donors (Lipinski definition) is 0. The van der Waals surface area contributed by atoms with E-state index in [9.17, 15) is 23.2 Å². The highest BCUT2D eigenvalue weighted by Crippen LogP contribution is 2.38. The van der Waals surface area contributed by atoms with E-state index in [2.05, 4.69) is 4.98 Å². The summed E-state index contributed by atoms with van der Waals surface area (Å²) in [6, 6.07) is 5.92. The summed E-state index contributed by atoms with van der Waals surface area (Å²) in [4.78, 5) is 18.9. The third kappa shape index (κ3) is 4.62. The number of pyridine rings is 1. The van der Waals surface area contributed by atoms with Crippen LogP contribution in [0.4, 0.5) is 13.2 Å². The first-order valence-corrected chi connectivity index (χ1v) is 10.2. The first-order valence-electron chi connectivity index (χ1n) is 8.37. The maximum atomic E-state index is 13.5. The minimum Gasteiger partial charge on any atom is -0.342 e. The molecule has 4 nitrogen and oxygen atoms in total.